The summed E-state index contributed by atoms with van der Waals surface area (Å²) in [4.78, 5) is 23.2. The van der Waals surface area contributed by atoms with Crippen LogP contribution in [0.15, 0.2) is 22.9 Å². The van der Waals surface area contributed by atoms with Gasteiger partial charge in [0.2, 0.25) is 0 Å². The van der Waals surface area contributed by atoms with Crippen molar-refractivity contribution in [1.82, 2.24) is 0 Å². The van der Waals surface area contributed by atoms with E-state index in [-0.39, 0.29) is 16.9 Å². The first-order chi connectivity index (χ1) is 9.29. The van der Waals surface area contributed by atoms with E-state index in [1.165, 1.54) is 25.1 Å². The molecule has 1 aromatic carbocycles. The number of benzene rings is 1. The highest BCUT2D eigenvalue weighted by Gasteiger charge is 2.19. The zero-order chi connectivity index (χ0) is 15.3. The van der Waals surface area contributed by atoms with Crippen molar-refractivity contribution in [2.75, 3.05) is 0 Å². The summed E-state index contributed by atoms with van der Waals surface area (Å²) < 4.78 is 13.7. The van der Waals surface area contributed by atoms with E-state index in [9.17, 15) is 9.69 Å². The van der Waals surface area contributed by atoms with Crippen molar-refractivity contribution in [3.63, 3.8) is 0 Å². The normalized spacial score (nSPS) is 13.2. The lowest BCUT2D eigenvalue weighted by Gasteiger charge is -2.09. The van der Waals surface area contributed by atoms with Gasteiger partial charge in [-0.25, -0.2) is 4.79 Å². The molecule has 0 heterocycles. The molecule has 20 heavy (non-hydrogen) atoms. The Balaban J connectivity index is 2.69. The van der Waals surface area contributed by atoms with Gasteiger partial charge in [0.05, 0.1) is 16.1 Å². The maximum absolute atomic E-state index is 11.7. The lowest BCUT2D eigenvalue weighted by molar-refractivity contribution is -0.170. The first-order valence-electron chi connectivity index (χ1n) is 5.81. The lowest BCUT2D eigenvalue weighted by Crippen LogP contribution is -2.21. The van der Waals surface area contributed by atoms with Crippen LogP contribution in [0.4, 0.5) is 0 Å². The average Bonchev–Trinajstić information content (AvgIpc) is 2.32. The van der Waals surface area contributed by atoms with Gasteiger partial charge in [0, 0.05) is 6.07 Å². The maximum Gasteiger partial charge on any atom is 0.395 e. The fourth-order valence-electron chi connectivity index (χ4n) is 1.17. The van der Waals surface area contributed by atoms with Gasteiger partial charge in [0.1, 0.15) is 0 Å². The molecule has 0 saturated carbocycles. The van der Waals surface area contributed by atoms with E-state index in [0.717, 1.165) is 0 Å². The van der Waals surface area contributed by atoms with Crippen molar-refractivity contribution in [3.8, 4) is 5.75 Å². The van der Waals surface area contributed by atoms with Crippen LogP contribution in [0.5, 0.6) is 5.75 Å². The SMILES string of the molecule is CC(C)OC(=O)[C@H](C)N=[P+]([O-])Oc1ccc(Cl)c(Cl)c1. The molecule has 2 atom stereocenters. The Hall–Kier alpha value is -0.870. The van der Waals surface area contributed by atoms with Gasteiger partial charge in [0.15, 0.2) is 11.8 Å². The molecule has 1 rings (SSSR count). The van der Waals surface area contributed by atoms with Gasteiger partial charge in [-0.1, -0.05) is 27.9 Å². The summed E-state index contributed by atoms with van der Waals surface area (Å²) in [5.74, 6) is -0.297. The topological polar surface area (TPSA) is 71.0 Å². The Bertz CT molecular complexity index is 522. The van der Waals surface area contributed by atoms with Crippen LogP contribution >= 0.6 is 31.4 Å². The molecular weight excluding hydrogens is 324 g/mol. The van der Waals surface area contributed by atoms with E-state index in [0.29, 0.717) is 5.02 Å². The highest BCUT2D eigenvalue weighted by atomic mass is 35.5. The smallest absolute Gasteiger partial charge is 0.395 e. The minimum absolute atomic E-state index is 0.256. The van der Waals surface area contributed by atoms with Gasteiger partial charge in [-0.3, -0.25) is 4.52 Å². The molecular formula is C12H14Cl2NO4P. The van der Waals surface area contributed by atoms with Crippen LogP contribution in [-0.4, -0.2) is 18.1 Å². The first kappa shape index (κ1) is 17.2. The molecule has 0 aliphatic rings. The number of carbonyl (C=O) groups is 1. The Morgan fingerprint density at radius 3 is 2.50 bits per heavy atom. The van der Waals surface area contributed by atoms with Crippen molar-refractivity contribution in [2.45, 2.75) is 32.9 Å². The molecule has 0 amide bonds. The molecule has 5 nitrogen and oxygen atoms in total. The van der Waals surface area contributed by atoms with E-state index >= 15 is 0 Å². The summed E-state index contributed by atoms with van der Waals surface area (Å²) in [5.41, 5.74) is 0. The number of hydrogen-bond donors (Lipinski definition) is 0. The summed E-state index contributed by atoms with van der Waals surface area (Å²) in [6.45, 7) is 4.92. The van der Waals surface area contributed by atoms with Gasteiger partial charge in [0.25, 0.3) is 0 Å². The van der Waals surface area contributed by atoms with E-state index < -0.39 is 20.2 Å². The Morgan fingerprint density at radius 1 is 1.30 bits per heavy atom. The van der Waals surface area contributed by atoms with Crippen LogP contribution < -0.4 is 9.42 Å². The van der Waals surface area contributed by atoms with Crippen molar-refractivity contribution in [2.24, 2.45) is 4.74 Å². The third-order valence-corrected chi connectivity index (χ3v) is 3.68. The second-order valence-corrected chi connectivity index (χ2v) is 5.89. The van der Waals surface area contributed by atoms with E-state index in [1.54, 1.807) is 13.8 Å². The van der Waals surface area contributed by atoms with Gasteiger partial charge >= 0.3 is 14.1 Å². The number of esters is 1. The molecule has 0 N–H and O–H groups in total. The minimum Gasteiger partial charge on any atom is -0.575 e. The predicted molar refractivity (Wildman–Crippen MR) is 77.1 cm³/mol. The molecule has 0 aliphatic heterocycles. The fourth-order valence-corrected chi connectivity index (χ4v) is 2.17. The summed E-state index contributed by atoms with van der Waals surface area (Å²) in [5, 5.41) is 0.639. The number of carbonyl (C=O) groups excluding carboxylic acids is 1. The highest BCUT2D eigenvalue weighted by Crippen LogP contribution is 2.30. The molecule has 110 valence electrons. The Labute approximate surface area is 128 Å². The van der Waals surface area contributed by atoms with Crippen LogP contribution in [-0.2, 0) is 9.53 Å². The monoisotopic (exact) mass is 337 g/mol. The molecule has 1 unspecified atom stereocenters. The third-order valence-electron chi connectivity index (χ3n) is 2.04. The van der Waals surface area contributed by atoms with E-state index in [2.05, 4.69) is 4.74 Å². The minimum atomic E-state index is -2.40. The van der Waals surface area contributed by atoms with Crippen molar-refractivity contribution in [3.05, 3.63) is 28.2 Å². The molecule has 0 bridgehead atoms. The molecule has 0 aromatic heterocycles. The molecule has 0 spiro atoms. The van der Waals surface area contributed by atoms with Crippen LogP contribution in [0.25, 0.3) is 0 Å². The standard InChI is InChI=1S/C12H14Cl2NO4P/c1-7(2)18-12(16)8(3)15-20(17)19-9-4-5-10(13)11(14)6-9/h4-8H,1-3H3/t8-/m0/s1. The van der Waals surface area contributed by atoms with Gasteiger partial charge in [-0.2, -0.15) is 0 Å². The molecule has 8 heteroatoms. The Kier molecular flexibility index (Phi) is 6.69. The van der Waals surface area contributed by atoms with Gasteiger partial charge in [-0.15, -0.1) is 0 Å². The summed E-state index contributed by atoms with van der Waals surface area (Å²) >= 11 is 11.5. The molecule has 0 aliphatic carbocycles. The zero-order valence-electron chi connectivity index (χ0n) is 11.2. The number of halogens is 2. The second-order valence-electron chi connectivity index (χ2n) is 4.18. The van der Waals surface area contributed by atoms with Crippen LogP contribution in [0, 0.1) is 0 Å². The van der Waals surface area contributed by atoms with Crippen molar-refractivity contribution < 1.29 is 18.9 Å². The number of rotatable bonds is 5. The predicted octanol–water partition coefficient (Wildman–Crippen LogP) is 3.57. The van der Waals surface area contributed by atoms with Gasteiger partial charge < -0.3 is 9.63 Å². The first-order valence-corrected chi connectivity index (χ1v) is 7.69. The summed E-state index contributed by atoms with van der Waals surface area (Å²) in [6.07, 6.45) is -0.256. The van der Waals surface area contributed by atoms with E-state index in [4.69, 9.17) is 32.5 Å². The van der Waals surface area contributed by atoms with Crippen molar-refractivity contribution in [1.29, 1.82) is 0 Å². The number of hydrogen-bond acceptors (Lipinski definition) is 5. The quantitative estimate of drug-likeness (QED) is 0.608. The molecule has 0 radical (unpaired) electrons. The van der Waals surface area contributed by atoms with Crippen LogP contribution in [0.1, 0.15) is 20.8 Å². The average molecular weight is 338 g/mol. The summed E-state index contributed by atoms with van der Waals surface area (Å²) in [6, 6.07) is 3.57. The highest BCUT2D eigenvalue weighted by molar-refractivity contribution is 7.34. The van der Waals surface area contributed by atoms with E-state index in [1.807, 2.05) is 0 Å². The van der Waals surface area contributed by atoms with Crippen molar-refractivity contribution >= 4 is 37.3 Å². The number of nitrogens with zero attached hydrogens (tertiary/aromatic N) is 1. The molecule has 0 saturated heterocycles. The molecule has 1 aromatic rings. The second kappa shape index (κ2) is 7.79. The van der Waals surface area contributed by atoms with Crippen LogP contribution in [0.2, 0.25) is 10.0 Å². The van der Waals surface area contributed by atoms with Crippen LogP contribution in [0.3, 0.4) is 0 Å². The van der Waals surface area contributed by atoms with Gasteiger partial charge in [-0.05, 0) is 32.9 Å². The Morgan fingerprint density at radius 2 is 1.95 bits per heavy atom. The third kappa shape index (κ3) is 5.63. The largest absolute Gasteiger partial charge is 0.575 e. The summed E-state index contributed by atoms with van der Waals surface area (Å²) in [7, 11) is -2.40. The number of ether oxygens (including phenoxy) is 1. The maximum atomic E-state index is 11.7. The zero-order valence-corrected chi connectivity index (χ0v) is 13.6. The molecule has 0 fully saturated rings. The fraction of sp³-hybridized carbons (Fsp3) is 0.417. The lowest BCUT2D eigenvalue weighted by atomic mass is 10.3.